The van der Waals surface area contributed by atoms with E-state index >= 15 is 0 Å². The molecule has 7 heteroatoms. The molecule has 1 aromatic carbocycles. The van der Waals surface area contributed by atoms with Crippen LogP contribution in [0.15, 0.2) is 24.4 Å². The van der Waals surface area contributed by atoms with Crippen molar-refractivity contribution in [3.63, 3.8) is 0 Å². The molecule has 0 saturated carbocycles. The van der Waals surface area contributed by atoms with Crippen LogP contribution in [0.1, 0.15) is 81.5 Å². The van der Waals surface area contributed by atoms with Gasteiger partial charge < -0.3 is 19.2 Å². The van der Waals surface area contributed by atoms with E-state index in [1.54, 1.807) is 18.3 Å². The Morgan fingerprint density at radius 1 is 1.03 bits per heavy atom. The summed E-state index contributed by atoms with van der Waals surface area (Å²) in [7, 11) is 0. The topological polar surface area (TPSA) is 54.3 Å². The number of halogens is 3. The zero-order chi connectivity index (χ0) is 22.0. The molecule has 2 rings (SSSR count). The molecule has 0 aliphatic rings. The number of fused-ring (bicyclic) bond motifs is 1. The van der Waals surface area contributed by atoms with Crippen molar-refractivity contribution >= 4 is 16.9 Å². The number of aryl methyl sites for hydroxylation is 1. The van der Waals surface area contributed by atoms with Crippen molar-refractivity contribution in [2.24, 2.45) is 0 Å². The number of benzene rings is 1. The lowest BCUT2D eigenvalue weighted by Crippen LogP contribution is -2.21. The maximum absolute atomic E-state index is 12.1. The number of carbonyl (C=O) groups is 1. The van der Waals surface area contributed by atoms with Crippen LogP contribution >= 0.6 is 0 Å². The minimum absolute atomic E-state index is 0.178. The molecular formula is C23H31F3NO3-. The van der Waals surface area contributed by atoms with Gasteiger partial charge in [0.25, 0.3) is 0 Å². The number of aromatic carboxylic acids is 1. The fourth-order valence-corrected chi connectivity index (χ4v) is 3.60. The second-order valence-corrected chi connectivity index (χ2v) is 7.72. The van der Waals surface area contributed by atoms with Gasteiger partial charge in [-0.2, -0.15) is 13.2 Å². The Labute approximate surface area is 176 Å². The average Bonchev–Trinajstić information content (AvgIpc) is 3.06. The van der Waals surface area contributed by atoms with Crippen LogP contribution in [0.2, 0.25) is 0 Å². The number of rotatable bonds is 14. The van der Waals surface area contributed by atoms with Gasteiger partial charge in [-0.15, -0.1) is 0 Å². The first-order valence-corrected chi connectivity index (χ1v) is 10.9. The number of alkyl halides is 3. The number of hydrogen-bond acceptors (Lipinski definition) is 3. The lowest BCUT2D eigenvalue weighted by Gasteiger charge is -2.11. The molecule has 0 unspecified atom stereocenters. The van der Waals surface area contributed by atoms with Gasteiger partial charge in [-0.1, -0.05) is 57.6 Å². The van der Waals surface area contributed by atoms with Gasteiger partial charge >= 0.3 is 6.18 Å². The van der Waals surface area contributed by atoms with Gasteiger partial charge in [0.1, 0.15) is 5.75 Å². The Bertz CT molecular complexity index is 799. The summed E-state index contributed by atoms with van der Waals surface area (Å²) in [5.74, 6) is -0.522. The van der Waals surface area contributed by atoms with Gasteiger partial charge in [0.15, 0.2) is 0 Å². The van der Waals surface area contributed by atoms with Crippen molar-refractivity contribution in [2.75, 3.05) is 6.61 Å². The number of carboxylic acids is 1. The summed E-state index contributed by atoms with van der Waals surface area (Å²) < 4.78 is 44.1. The highest BCUT2D eigenvalue weighted by molar-refractivity contribution is 6.04. The summed E-state index contributed by atoms with van der Waals surface area (Å²) in [6.45, 7) is 3.32. The molecule has 2 aromatic rings. The molecule has 168 valence electrons. The minimum Gasteiger partial charge on any atom is -0.545 e. The molecule has 0 aliphatic heterocycles. The molecule has 0 saturated heterocycles. The zero-order valence-electron chi connectivity index (χ0n) is 17.6. The van der Waals surface area contributed by atoms with Crippen LogP contribution in [0.4, 0.5) is 13.2 Å². The number of aromatic nitrogens is 1. The maximum Gasteiger partial charge on any atom is 0.389 e. The van der Waals surface area contributed by atoms with E-state index in [2.05, 4.69) is 6.92 Å². The molecule has 0 bridgehead atoms. The SMILES string of the molecule is CCCCn1cc(C(=O)[O-])c2cccc(OCCCCCCCCCC(F)(F)F)c21. The molecule has 0 radical (unpaired) electrons. The quantitative estimate of drug-likeness (QED) is 0.355. The Kier molecular flexibility index (Phi) is 9.53. The van der Waals surface area contributed by atoms with Crippen molar-refractivity contribution in [1.82, 2.24) is 4.57 Å². The summed E-state index contributed by atoms with van der Waals surface area (Å²) >= 11 is 0. The number of carboxylic acid groups (broad SMARTS) is 1. The van der Waals surface area contributed by atoms with E-state index < -0.39 is 18.6 Å². The van der Waals surface area contributed by atoms with E-state index in [1.807, 2.05) is 10.6 Å². The number of unbranched alkanes of at least 4 members (excludes halogenated alkanes) is 7. The normalized spacial score (nSPS) is 11.9. The summed E-state index contributed by atoms with van der Waals surface area (Å²) in [5, 5.41) is 12.1. The van der Waals surface area contributed by atoms with Gasteiger partial charge in [0, 0.05) is 30.1 Å². The van der Waals surface area contributed by atoms with E-state index in [0.717, 1.165) is 57.0 Å². The molecule has 1 aromatic heterocycles. The Hall–Kier alpha value is -2.18. The number of nitrogens with zero attached hydrogens (tertiary/aromatic N) is 1. The van der Waals surface area contributed by atoms with Crippen LogP contribution in [0.5, 0.6) is 5.75 Å². The second-order valence-electron chi connectivity index (χ2n) is 7.72. The molecule has 0 fully saturated rings. The molecule has 1 heterocycles. The smallest absolute Gasteiger partial charge is 0.389 e. The van der Waals surface area contributed by atoms with Crippen molar-refractivity contribution in [3.05, 3.63) is 30.0 Å². The van der Waals surface area contributed by atoms with E-state index in [4.69, 9.17) is 4.74 Å². The third-order valence-corrected chi connectivity index (χ3v) is 5.20. The van der Waals surface area contributed by atoms with Crippen LogP contribution in [0.25, 0.3) is 10.9 Å². The molecule has 30 heavy (non-hydrogen) atoms. The van der Waals surface area contributed by atoms with Crippen LogP contribution in [-0.4, -0.2) is 23.3 Å². The summed E-state index contributed by atoms with van der Waals surface area (Å²) in [6.07, 6.45) is 4.20. The largest absolute Gasteiger partial charge is 0.545 e. The summed E-state index contributed by atoms with van der Waals surface area (Å²) in [6, 6.07) is 5.41. The van der Waals surface area contributed by atoms with Crippen LogP contribution in [-0.2, 0) is 6.54 Å². The fraction of sp³-hybridized carbons (Fsp3) is 0.609. The van der Waals surface area contributed by atoms with Crippen molar-refractivity contribution in [3.8, 4) is 5.75 Å². The van der Waals surface area contributed by atoms with Crippen LogP contribution in [0.3, 0.4) is 0 Å². The minimum atomic E-state index is -4.04. The maximum atomic E-state index is 12.1. The summed E-state index contributed by atoms with van der Waals surface area (Å²) in [4.78, 5) is 11.5. The van der Waals surface area contributed by atoms with E-state index in [0.29, 0.717) is 24.2 Å². The fourth-order valence-electron chi connectivity index (χ4n) is 3.60. The second kappa shape index (κ2) is 11.9. The van der Waals surface area contributed by atoms with E-state index in [-0.39, 0.29) is 12.0 Å². The first-order chi connectivity index (χ1) is 14.3. The van der Waals surface area contributed by atoms with Gasteiger partial charge in [-0.05, 0) is 25.3 Å². The highest BCUT2D eigenvalue weighted by Crippen LogP contribution is 2.30. The zero-order valence-corrected chi connectivity index (χ0v) is 17.6. The van der Waals surface area contributed by atoms with Gasteiger partial charge in [-0.25, -0.2) is 0 Å². The molecule has 0 spiro atoms. The standard InChI is InChI=1S/C23H32F3NO3/c1-2-3-15-27-17-19(22(28)29)18-12-11-13-20(21(18)27)30-16-10-8-6-4-5-7-9-14-23(24,25)26/h11-13,17H,2-10,14-16H2,1H3,(H,28,29)/p-1. The molecule has 4 nitrogen and oxygen atoms in total. The van der Waals surface area contributed by atoms with Crippen LogP contribution < -0.4 is 9.84 Å². The highest BCUT2D eigenvalue weighted by atomic mass is 19.4. The first-order valence-electron chi connectivity index (χ1n) is 10.9. The first kappa shape index (κ1) is 24.1. The lowest BCUT2D eigenvalue weighted by atomic mass is 10.1. The average molecular weight is 426 g/mol. The predicted octanol–water partition coefficient (Wildman–Crippen LogP) is 5.87. The van der Waals surface area contributed by atoms with Crippen molar-refractivity contribution in [1.29, 1.82) is 0 Å². The molecule has 0 N–H and O–H groups in total. The monoisotopic (exact) mass is 426 g/mol. The number of para-hydroxylation sites is 1. The summed E-state index contributed by atoms with van der Waals surface area (Å²) in [5.41, 5.74) is 0.965. The van der Waals surface area contributed by atoms with Crippen LogP contribution in [0, 0.1) is 0 Å². The van der Waals surface area contributed by atoms with Gasteiger partial charge in [0.2, 0.25) is 0 Å². The van der Waals surface area contributed by atoms with Crippen molar-refractivity contribution < 1.29 is 27.8 Å². The number of hydrogen-bond donors (Lipinski definition) is 0. The Morgan fingerprint density at radius 3 is 2.33 bits per heavy atom. The van der Waals surface area contributed by atoms with Gasteiger partial charge in [-0.3, -0.25) is 0 Å². The van der Waals surface area contributed by atoms with E-state index in [9.17, 15) is 23.1 Å². The predicted molar refractivity (Wildman–Crippen MR) is 110 cm³/mol. The third kappa shape index (κ3) is 7.58. The van der Waals surface area contributed by atoms with Gasteiger partial charge in [0.05, 0.1) is 18.1 Å². The highest BCUT2D eigenvalue weighted by Gasteiger charge is 2.25. The van der Waals surface area contributed by atoms with Crippen molar-refractivity contribution in [2.45, 2.75) is 83.9 Å². The lowest BCUT2D eigenvalue weighted by molar-refractivity contribution is -0.254. The Morgan fingerprint density at radius 2 is 1.70 bits per heavy atom. The molecule has 0 aliphatic carbocycles. The third-order valence-electron chi connectivity index (χ3n) is 5.20. The number of ether oxygens (including phenoxy) is 1. The molecule has 0 atom stereocenters. The molecule has 0 amide bonds. The molecular weight excluding hydrogens is 395 g/mol. The Balaban J connectivity index is 1.80. The van der Waals surface area contributed by atoms with E-state index in [1.165, 1.54) is 0 Å². The number of carbonyl (C=O) groups excluding carboxylic acids is 1.